The van der Waals surface area contributed by atoms with Gasteiger partial charge in [0.15, 0.2) is 0 Å². The molecular weight excluding hydrogens is 346 g/mol. The fourth-order valence-corrected chi connectivity index (χ4v) is 7.50. The third-order valence-electron chi connectivity index (χ3n) is 8.31. The topological polar surface area (TPSA) is 46.4 Å². The minimum atomic E-state index is 0.0664. The number of fused-ring (bicyclic) bond motifs is 1. The fourth-order valence-electron chi connectivity index (χ4n) is 7.50. The number of rotatable bonds is 4. The number of aromatic nitrogens is 2. The third-order valence-corrected chi connectivity index (χ3v) is 8.31. The summed E-state index contributed by atoms with van der Waals surface area (Å²) in [6.45, 7) is 0.857. The third kappa shape index (κ3) is 2.79. The molecule has 4 nitrogen and oxygen atoms in total. The van der Waals surface area contributed by atoms with Crippen molar-refractivity contribution in [3.05, 3.63) is 35.8 Å². The molecule has 5 saturated carbocycles. The van der Waals surface area contributed by atoms with E-state index < -0.39 is 0 Å². The van der Waals surface area contributed by atoms with Crippen LogP contribution in [0.3, 0.4) is 0 Å². The van der Waals surface area contributed by atoms with Gasteiger partial charge >= 0.3 is 0 Å². The second-order valence-corrected chi connectivity index (χ2v) is 10.4. The zero-order valence-electron chi connectivity index (χ0n) is 16.7. The van der Waals surface area contributed by atoms with Crippen LogP contribution in [-0.2, 0) is 0 Å². The zero-order chi connectivity index (χ0) is 18.7. The summed E-state index contributed by atoms with van der Waals surface area (Å²) in [6, 6.07) is 5.94. The Morgan fingerprint density at radius 3 is 2.43 bits per heavy atom. The first-order valence-corrected chi connectivity index (χ1v) is 11.4. The van der Waals surface area contributed by atoms with Crippen molar-refractivity contribution in [2.45, 2.75) is 70.1 Å². The molecule has 2 aromatic rings. The highest BCUT2D eigenvalue weighted by molar-refractivity contribution is 5.93. The molecule has 5 fully saturated rings. The lowest BCUT2D eigenvalue weighted by Crippen LogP contribution is -2.51. The molecule has 1 amide bonds. The summed E-state index contributed by atoms with van der Waals surface area (Å²) in [5.41, 5.74) is 3.18. The van der Waals surface area contributed by atoms with Crippen LogP contribution in [0.25, 0.3) is 5.65 Å². The molecule has 2 heterocycles. The van der Waals surface area contributed by atoms with Gasteiger partial charge < -0.3 is 5.32 Å². The van der Waals surface area contributed by atoms with Crippen molar-refractivity contribution < 1.29 is 4.79 Å². The number of hydrogen-bond donors (Lipinski definition) is 1. The van der Waals surface area contributed by atoms with E-state index in [-0.39, 0.29) is 5.91 Å². The van der Waals surface area contributed by atoms with Crippen LogP contribution in [0.2, 0.25) is 0 Å². The monoisotopic (exact) mass is 377 g/mol. The van der Waals surface area contributed by atoms with Crippen molar-refractivity contribution in [2.75, 3.05) is 6.54 Å². The molecule has 0 radical (unpaired) electrons. The van der Waals surface area contributed by atoms with E-state index in [1.54, 1.807) is 0 Å². The van der Waals surface area contributed by atoms with E-state index in [0.29, 0.717) is 11.3 Å². The van der Waals surface area contributed by atoms with E-state index in [1.807, 2.05) is 22.6 Å². The van der Waals surface area contributed by atoms with E-state index in [2.05, 4.69) is 11.5 Å². The summed E-state index contributed by atoms with van der Waals surface area (Å²) < 4.78 is 2.02. The van der Waals surface area contributed by atoms with Crippen LogP contribution in [0, 0.1) is 23.2 Å². The molecule has 0 unspecified atom stereocenters. The number of nitrogens with zero attached hydrogens (tertiary/aromatic N) is 2. The second-order valence-electron chi connectivity index (χ2n) is 10.4. The van der Waals surface area contributed by atoms with Crippen molar-refractivity contribution in [3.8, 4) is 0 Å². The molecule has 0 spiro atoms. The van der Waals surface area contributed by atoms with Crippen LogP contribution in [-0.4, -0.2) is 21.8 Å². The maximum atomic E-state index is 13.1. The molecule has 7 rings (SSSR count). The van der Waals surface area contributed by atoms with Crippen LogP contribution in [0.15, 0.2) is 24.4 Å². The molecule has 1 N–H and O–H groups in total. The minimum Gasteiger partial charge on any atom is -0.350 e. The van der Waals surface area contributed by atoms with Crippen molar-refractivity contribution in [3.63, 3.8) is 0 Å². The molecule has 5 aliphatic rings. The highest BCUT2D eigenvalue weighted by atomic mass is 16.1. The largest absolute Gasteiger partial charge is 0.350 e. The number of carbonyl (C=O) groups is 1. The lowest BCUT2D eigenvalue weighted by atomic mass is 9.49. The number of amides is 1. The van der Waals surface area contributed by atoms with Crippen LogP contribution >= 0.6 is 0 Å². The zero-order valence-corrected chi connectivity index (χ0v) is 16.7. The maximum absolute atomic E-state index is 13.1. The Balaban J connectivity index is 1.22. The van der Waals surface area contributed by atoms with Gasteiger partial charge in [-0.1, -0.05) is 18.9 Å². The van der Waals surface area contributed by atoms with E-state index >= 15 is 0 Å². The van der Waals surface area contributed by atoms with Crippen LogP contribution in [0.5, 0.6) is 0 Å². The van der Waals surface area contributed by atoms with Gasteiger partial charge in [0.1, 0.15) is 11.3 Å². The number of pyridine rings is 1. The predicted octanol–water partition coefficient (Wildman–Crippen LogP) is 4.94. The van der Waals surface area contributed by atoms with Crippen molar-refractivity contribution in [2.24, 2.45) is 23.2 Å². The Morgan fingerprint density at radius 1 is 1.07 bits per heavy atom. The molecule has 0 saturated heterocycles. The molecule has 0 aromatic carbocycles. The number of imidazole rings is 1. The summed E-state index contributed by atoms with van der Waals surface area (Å²) >= 11 is 0. The first kappa shape index (κ1) is 17.1. The van der Waals surface area contributed by atoms with Gasteiger partial charge in [-0.05, 0) is 86.7 Å². The van der Waals surface area contributed by atoms with E-state index in [9.17, 15) is 4.79 Å². The number of hydrogen-bond acceptors (Lipinski definition) is 2. The lowest BCUT2D eigenvalue weighted by molar-refractivity contribution is -0.0503. The molecule has 4 heteroatoms. The predicted molar refractivity (Wildman–Crippen MR) is 109 cm³/mol. The van der Waals surface area contributed by atoms with Gasteiger partial charge in [0.05, 0.1) is 5.69 Å². The number of carbonyl (C=O) groups excluding carboxylic acids is 1. The van der Waals surface area contributed by atoms with Gasteiger partial charge in [0.25, 0.3) is 5.91 Å². The van der Waals surface area contributed by atoms with Gasteiger partial charge in [0.2, 0.25) is 0 Å². The molecule has 4 bridgehead atoms. The van der Waals surface area contributed by atoms with Crippen molar-refractivity contribution in [1.82, 2.24) is 14.7 Å². The summed E-state index contributed by atoms with van der Waals surface area (Å²) in [5.74, 6) is 3.41. The molecule has 5 aliphatic carbocycles. The first-order valence-electron chi connectivity index (χ1n) is 11.4. The van der Waals surface area contributed by atoms with Crippen molar-refractivity contribution >= 4 is 11.6 Å². The van der Waals surface area contributed by atoms with E-state index in [4.69, 9.17) is 4.98 Å². The average Bonchev–Trinajstić information content (AvgIpc) is 3.34. The van der Waals surface area contributed by atoms with E-state index in [0.717, 1.165) is 35.6 Å². The normalized spacial score (nSPS) is 34.4. The second kappa shape index (κ2) is 6.33. The number of nitrogens with one attached hydrogen (secondary N) is 1. The molecule has 148 valence electrons. The Morgan fingerprint density at radius 2 is 1.75 bits per heavy atom. The Kier molecular flexibility index (Phi) is 3.86. The quantitative estimate of drug-likeness (QED) is 0.820. The SMILES string of the molecule is O=C(NCC12CC3CC(CC(C3)C1)C2)c1cccc2nc(C3CCCC3)cn12. The van der Waals surface area contributed by atoms with Crippen LogP contribution in [0.4, 0.5) is 0 Å². The maximum Gasteiger partial charge on any atom is 0.268 e. The van der Waals surface area contributed by atoms with Crippen LogP contribution < -0.4 is 5.32 Å². The fraction of sp³-hybridized carbons (Fsp3) is 0.667. The van der Waals surface area contributed by atoms with Gasteiger partial charge in [-0.3, -0.25) is 9.20 Å². The first-order chi connectivity index (χ1) is 13.7. The highest BCUT2D eigenvalue weighted by Gasteiger charge is 2.50. The van der Waals surface area contributed by atoms with Gasteiger partial charge in [-0.15, -0.1) is 0 Å². The van der Waals surface area contributed by atoms with Gasteiger partial charge in [-0.2, -0.15) is 0 Å². The standard InChI is InChI=1S/C24H31N3O/c28-23(25-15-24-11-16-8-17(12-24)10-18(9-16)13-24)21-6-3-7-22-26-20(14-27(21)22)19-4-1-2-5-19/h3,6-7,14,16-19H,1-2,4-5,8-13,15H2,(H,25,28). The summed E-state index contributed by atoms with van der Waals surface area (Å²) in [4.78, 5) is 18.0. The minimum absolute atomic E-state index is 0.0664. The Labute approximate surface area is 167 Å². The summed E-state index contributed by atoms with van der Waals surface area (Å²) in [7, 11) is 0. The summed E-state index contributed by atoms with van der Waals surface area (Å²) in [5, 5.41) is 3.34. The summed E-state index contributed by atoms with van der Waals surface area (Å²) in [6.07, 6.45) is 15.5. The molecule has 0 aliphatic heterocycles. The Bertz CT molecular complexity index is 872. The molecule has 2 aromatic heterocycles. The Hall–Kier alpha value is -1.84. The molecule has 0 atom stereocenters. The smallest absolute Gasteiger partial charge is 0.268 e. The van der Waals surface area contributed by atoms with Gasteiger partial charge in [-0.25, -0.2) is 4.98 Å². The average molecular weight is 378 g/mol. The van der Waals surface area contributed by atoms with E-state index in [1.165, 1.54) is 69.9 Å². The highest BCUT2D eigenvalue weighted by Crippen LogP contribution is 2.59. The van der Waals surface area contributed by atoms with Crippen molar-refractivity contribution in [1.29, 1.82) is 0 Å². The van der Waals surface area contributed by atoms with Crippen LogP contribution in [0.1, 0.15) is 86.3 Å². The lowest BCUT2D eigenvalue weighted by Gasteiger charge is -2.56. The van der Waals surface area contributed by atoms with Gasteiger partial charge in [0, 0.05) is 18.7 Å². The molecular formula is C24H31N3O. The molecule has 28 heavy (non-hydrogen) atoms.